The summed E-state index contributed by atoms with van der Waals surface area (Å²) in [6.45, 7) is 1.59. The van der Waals surface area contributed by atoms with E-state index in [-0.39, 0.29) is 6.42 Å². The number of carboxylic acid groups (broad SMARTS) is 1. The molecular formula is C12H11ClN2O3. The van der Waals surface area contributed by atoms with E-state index in [2.05, 4.69) is 10.2 Å². The van der Waals surface area contributed by atoms with Crippen molar-refractivity contribution in [2.24, 2.45) is 5.92 Å². The summed E-state index contributed by atoms with van der Waals surface area (Å²) in [6, 6.07) is 7.03. The summed E-state index contributed by atoms with van der Waals surface area (Å²) in [7, 11) is 0. The molecule has 94 valence electrons. The van der Waals surface area contributed by atoms with E-state index in [0.717, 1.165) is 0 Å². The van der Waals surface area contributed by atoms with Gasteiger partial charge in [-0.25, -0.2) is 0 Å². The van der Waals surface area contributed by atoms with Crippen molar-refractivity contribution in [3.8, 4) is 11.5 Å². The number of halogens is 1. The van der Waals surface area contributed by atoms with Gasteiger partial charge in [-0.2, -0.15) is 0 Å². The number of hydrogen-bond donors (Lipinski definition) is 1. The highest BCUT2D eigenvalue weighted by Gasteiger charge is 2.16. The Morgan fingerprint density at radius 2 is 2.28 bits per heavy atom. The molecule has 1 heterocycles. The molecule has 2 aromatic rings. The molecular weight excluding hydrogens is 256 g/mol. The summed E-state index contributed by atoms with van der Waals surface area (Å²) in [4.78, 5) is 10.7. The van der Waals surface area contributed by atoms with Gasteiger partial charge in [0.25, 0.3) is 0 Å². The third-order valence-corrected chi connectivity index (χ3v) is 2.68. The molecule has 1 aromatic heterocycles. The van der Waals surface area contributed by atoms with Gasteiger partial charge in [-0.15, -0.1) is 10.2 Å². The SMILES string of the molecule is CC(Cc1nnc(-c2cccc(Cl)c2)o1)C(=O)O. The maximum absolute atomic E-state index is 10.7. The van der Waals surface area contributed by atoms with Crippen LogP contribution in [-0.4, -0.2) is 21.3 Å². The molecule has 1 N–H and O–H groups in total. The highest BCUT2D eigenvalue weighted by atomic mass is 35.5. The Kier molecular flexibility index (Phi) is 3.62. The van der Waals surface area contributed by atoms with Gasteiger partial charge < -0.3 is 9.52 Å². The van der Waals surface area contributed by atoms with Crippen molar-refractivity contribution < 1.29 is 14.3 Å². The lowest BCUT2D eigenvalue weighted by Gasteiger charge is -2.00. The molecule has 0 aliphatic carbocycles. The molecule has 0 bridgehead atoms. The van der Waals surface area contributed by atoms with E-state index >= 15 is 0 Å². The Labute approximate surface area is 108 Å². The van der Waals surface area contributed by atoms with Crippen LogP contribution in [-0.2, 0) is 11.2 Å². The number of nitrogens with zero attached hydrogens (tertiary/aromatic N) is 2. The predicted octanol–water partition coefficient (Wildman–Crippen LogP) is 2.65. The van der Waals surface area contributed by atoms with Crippen LogP contribution in [0.25, 0.3) is 11.5 Å². The van der Waals surface area contributed by atoms with Crippen molar-refractivity contribution in [2.45, 2.75) is 13.3 Å². The molecule has 0 saturated carbocycles. The van der Waals surface area contributed by atoms with E-state index < -0.39 is 11.9 Å². The van der Waals surface area contributed by atoms with Crippen molar-refractivity contribution >= 4 is 17.6 Å². The molecule has 0 spiro atoms. The van der Waals surface area contributed by atoms with Gasteiger partial charge in [0.1, 0.15) is 0 Å². The molecule has 1 aromatic carbocycles. The molecule has 5 nitrogen and oxygen atoms in total. The molecule has 0 saturated heterocycles. The zero-order valence-electron chi connectivity index (χ0n) is 9.63. The van der Waals surface area contributed by atoms with Crippen LogP contribution in [0.2, 0.25) is 5.02 Å². The van der Waals surface area contributed by atoms with Crippen LogP contribution >= 0.6 is 11.6 Å². The fourth-order valence-corrected chi connectivity index (χ4v) is 1.61. The first-order chi connectivity index (χ1) is 8.56. The fraction of sp³-hybridized carbons (Fsp3) is 0.250. The number of carbonyl (C=O) groups is 1. The maximum atomic E-state index is 10.7. The summed E-state index contributed by atoms with van der Waals surface area (Å²) in [5, 5.41) is 17.1. The molecule has 0 aliphatic heterocycles. The lowest BCUT2D eigenvalue weighted by molar-refractivity contribution is -0.141. The van der Waals surface area contributed by atoms with Crippen LogP contribution < -0.4 is 0 Å². The van der Waals surface area contributed by atoms with Gasteiger partial charge in [-0.3, -0.25) is 4.79 Å². The predicted molar refractivity (Wildman–Crippen MR) is 65.2 cm³/mol. The summed E-state index contributed by atoms with van der Waals surface area (Å²) in [5.74, 6) is -0.805. The average Bonchev–Trinajstić information content (AvgIpc) is 2.77. The third-order valence-electron chi connectivity index (χ3n) is 2.44. The first-order valence-corrected chi connectivity index (χ1v) is 5.75. The minimum Gasteiger partial charge on any atom is -0.481 e. The molecule has 2 rings (SSSR count). The van der Waals surface area contributed by atoms with Crippen molar-refractivity contribution in [3.63, 3.8) is 0 Å². The van der Waals surface area contributed by atoms with Gasteiger partial charge in [0.15, 0.2) is 0 Å². The summed E-state index contributed by atoms with van der Waals surface area (Å²) >= 11 is 5.86. The molecule has 0 aliphatic rings. The minimum absolute atomic E-state index is 0.211. The number of aliphatic carboxylic acids is 1. The Morgan fingerprint density at radius 3 is 2.94 bits per heavy atom. The van der Waals surface area contributed by atoms with Crippen LogP contribution in [0.4, 0.5) is 0 Å². The second kappa shape index (κ2) is 5.18. The molecule has 0 fully saturated rings. The smallest absolute Gasteiger partial charge is 0.306 e. The maximum Gasteiger partial charge on any atom is 0.306 e. The van der Waals surface area contributed by atoms with Crippen LogP contribution in [0, 0.1) is 5.92 Å². The lowest BCUT2D eigenvalue weighted by atomic mass is 10.1. The van der Waals surface area contributed by atoms with Gasteiger partial charge in [0.2, 0.25) is 11.8 Å². The minimum atomic E-state index is -0.891. The second-order valence-corrected chi connectivity index (χ2v) is 4.39. The second-order valence-electron chi connectivity index (χ2n) is 3.95. The lowest BCUT2D eigenvalue weighted by Crippen LogP contribution is -2.12. The Hall–Kier alpha value is -1.88. The van der Waals surface area contributed by atoms with Crippen molar-refractivity contribution in [2.75, 3.05) is 0 Å². The normalized spacial score (nSPS) is 12.3. The topological polar surface area (TPSA) is 76.2 Å². The van der Waals surface area contributed by atoms with Crippen molar-refractivity contribution in [3.05, 3.63) is 35.2 Å². The van der Waals surface area contributed by atoms with E-state index in [1.807, 2.05) is 0 Å². The van der Waals surface area contributed by atoms with Crippen LogP contribution in [0.5, 0.6) is 0 Å². The molecule has 18 heavy (non-hydrogen) atoms. The Morgan fingerprint density at radius 1 is 1.50 bits per heavy atom. The number of rotatable bonds is 4. The molecule has 6 heteroatoms. The average molecular weight is 267 g/mol. The molecule has 0 amide bonds. The largest absolute Gasteiger partial charge is 0.481 e. The summed E-state index contributed by atoms with van der Waals surface area (Å²) in [6.07, 6.45) is 0.211. The highest BCUT2D eigenvalue weighted by molar-refractivity contribution is 6.30. The van der Waals surface area contributed by atoms with Crippen molar-refractivity contribution in [1.29, 1.82) is 0 Å². The highest BCUT2D eigenvalue weighted by Crippen LogP contribution is 2.22. The van der Waals surface area contributed by atoms with Gasteiger partial charge in [0.05, 0.1) is 5.92 Å². The number of hydrogen-bond acceptors (Lipinski definition) is 4. The zero-order chi connectivity index (χ0) is 13.1. The monoisotopic (exact) mass is 266 g/mol. The van der Waals surface area contributed by atoms with Crippen molar-refractivity contribution in [1.82, 2.24) is 10.2 Å². The van der Waals surface area contributed by atoms with Gasteiger partial charge >= 0.3 is 5.97 Å². The van der Waals surface area contributed by atoms with Crippen LogP contribution in [0.3, 0.4) is 0 Å². The van der Waals surface area contributed by atoms with Gasteiger partial charge in [-0.05, 0) is 18.2 Å². The van der Waals surface area contributed by atoms with Gasteiger partial charge in [0, 0.05) is 17.0 Å². The van der Waals surface area contributed by atoms with E-state index in [0.29, 0.717) is 22.4 Å². The Bertz CT molecular complexity index is 568. The number of benzene rings is 1. The van der Waals surface area contributed by atoms with E-state index in [1.54, 1.807) is 31.2 Å². The quantitative estimate of drug-likeness (QED) is 0.921. The molecule has 1 atom stereocenters. The summed E-state index contributed by atoms with van der Waals surface area (Å²) in [5.41, 5.74) is 0.712. The first kappa shape index (κ1) is 12.6. The van der Waals surface area contributed by atoms with Crippen LogP contribution in [0.1, 0.15) is 12.8 Å². The van der Waals surface area contributed by atoms with E-state index in [4.69, 9.17) is 21.1 Å². The molecule has 0 radical (unpaired) electrons. The first-order valence-electron chi connectivity index (χ1n) is 5.37. The van der Waals surface area contributed by atoms with E-state index in [1.165, 1.54) is 0 Å². The van der Waals surface area contributed by atoms with E-state index in [9.17, 15) is 4.79 Å². The summed E-state index contributed by atoms with van der Waals surface area (Å²) < 4.78 is 5.40. The number of carboxylic acids is 1. The fourth-order valence-electron chi connectivity index (χ4n) is 1.42. The van der Waals surface area contributed by atoms with Crippen LogP contribution in [0.15, 0.2) is 28.7 Å². The number of aromatic nitrogens is 2. The standard InChI is InChI=1S/C12H11ClN2O3/c1-7(12(16)17)5-10-14-15-11(18-10)8-3-2-4-9(13)6-8/h2-4,6-7H,5H2,1H3,(H,16,17). The third kappa shape index (κ3) is 2.87. The Balaban J connectivity index is 2.18. The zero-order valence-corrected chi connectivity index (χ0v) is 10.4. The molecule has 1 unspecified atom stereocenters. The van der Waals surface area contributed by atoms with Gasteiger partial charge in [-0.1, -0.05) is 24.6 Å².